The number of imidazole rings is 1. The number of nitrogens with zero attached hydrogens (tertiary/aromatic N) is 4. The number of benzene rings is 1. The van der Waals surface area contributed by atoms with E-state index >= 15 is 0 Å². The van der Waals surface area contributed by atoms with Gasteiger partial charge in [-0.25, -0.2) is 13.8 Å². The van der Waals surface area contributed by atoms with E-state index < -0.39 is 12.3 Å². The van der Waals surface area contributed by atoms with Crippen LogP contribution in [0.5, 0.6) is 0 Å². The fourth-order valence-corrected chi connectivity index (χ4v) is 5.56. The Morgan fingerprint density at radius 3 is 2.70 bits per heavy atom. The van der Waals surface area contributed by atoms with Crippen LogP contribution in [0.3, 0.4) is 0 Å². The molecule has 0 radical (unpaired) electrons. The summed E-state index contributed by atoms with van der Waals surface area (Å²) < 4.78 is 28.1. The minimum absolute atomic E-state index is 0.0934. The summed E-state index contributed by atoms with van der Waals surface area (Å²) in [5, 5.41) is 15.6. The molecule has 2 amide bonds. The second kappa shape index (κ2) is 12.3. The topological polar surface area (TPSA) is 103 Å². The number of anilines is 1. The van der Waals surface area contributed by atoms with E-state index in [1.165, 1.54) is 18.2 Å². The van der Waals surface area contributed by atoms with Crippen LogP contribution in [-0.2, 0) is 17.9 Å². The van der Waals surface area contributed by atoms with Gasteiger partial charge >= 0.3 is 0 Å². The van der Waals surface area contributed by atoms with Crippen molar-refractivity contribution >= 4 is 40.1 Å². The molecule has 0 saturated carbocycles. The summed E-state index contributed by atoms with van der Waals surface area (Å²) in [6.45, 7) is 10.5. The van der Waals surface area contributed by atoms with Crippen LogP contribution >= 0.6 is 11.3 Å². The van der Waals surface area contributed by atoms with E-state index in [0.29, 0.717) is 25.2 Å². The van der Waals surface area contributed by atoms with E-state index in [9.17, 15) is 23.6 Å². The molecule has 0 aliphatic carbocycles. The number of thiophene rings is 1. The lowest BCUT2D eigenvalue weighted by Crippen LogP contribution is -2.39. The molecule has 1 fully saturated rings. The first-order valence-corrected chi connectivity index (χ1v) is 14.1. The van der Waals surface area contributed by atoms with Gasteiger partial charge in [-0.15, -0.1) is 11.3 Å². The number of aromatic nitrogens is 2. The number of alkyl halides is 2. The molecule has 3 heterocycles. The number of hydrogen-bond donors (Lipinski definition) is 2. The second-order valence-corrected chi connectivity index (χ2v) is 12.2. The quantitative estimate of drug-likeness (QED) is 0.248. The number of nitriles is 1. The normalized spacial score (nSPS) is 16.1. The van der Waals surface area contributed by atoms with Crippen molar-refractivity contribution in [3.05, 3.63) is 57.3 Å². The van der Waals surface area contributed by atoms with Crippen molar-refractivity contribution in [1.82, 2.24) is 19.8 Å². The molecule has 1 aromatic carbocycles. The number of amides is 2. The van der Waals surface area contributed by atoms with Crippen LogP contribution in [-0.4, -0.2) is 45.4 Å². The van der Waals surface area contributed by atoms with Crippen molar-refractivity contribution in [2.24, 2.45) is 5.41 Å². The molecule has 8 nitrogen and oxygen atoms in total. The summed E-state index contributed by atoms with van der Waals surface area (Å²) in [6, 6.07) is 10.3. The second-order valence-electron chi connectivity index (χ2n) is 11.1. The molecule has 2 N–H and O–H groups in total. The van der Waals surface area contributed by atoms with Gasteiger partial charge in [0.1, 0.15) is 11.6 Å². The Hall–Kier alpha value is -3.62. The molecule has 11 heteroatoms. The van der Waals surface area contributed by atoms with E-state index in [1.54, 1.807) is 11.8 Å². The third-order valence-corrected chi connectivity index (χ3v) is 7.85. The van der Waals surface area contributed by atoms with Gasteiger partial charge < -0.3 is 14.8 Å². The summed E-state index contributed by atoms with van der Waals surface area (Å²) in [5.41, 5.74) is 2.71. The van der Waals surface area contributed by atoms with E-state index in [4.69, 9.17) is 4.98 Å². The standard InChI is InChI=1S/C29H34F2N6O2S/c1-5-19(14-32)27(39)36-12-6-7-20(36)16-37-22-9-8-18(15-33-17-29(2,3)4)13-21(22)34-28(37)35-26(38)24-11-10-23(40-24)25(30)31/h5,8-11,13,20,25,33H,6-7,12,15-17H2,1-4H3,(H,34,35,38)/b19-5+/t20-/m1/s1. The maximum atomic E-state index is 13.1. The molecular weight excluding hydrogens is 534 g/mol. The molecular formula is C29H34F2N6O2S. The molecule has 1 aliphatic heterocycles. The zero-order chi connectivity index (χ0) is 29.0. The molecule has 0 bridgehead atoms. The monoisotopic (exact) mass is 568 g/mol. The van der Waals surface area contributed by atoms with Crippen LogP contribution < -0.4 is 10.6 Å². The van der Waals surface area contributed by atoms with Crippen molar-refractivity contribution in [1.29, 1.82) is 5.26 Å². The average molecular weight is 569 g/mol. The summed E-state index contributed by atoms with van der Waals surface area (Å²) in [5.74, 6) is -0.564. The Balaban J connectivity index is 1.65. The Morgan fingerprint density at radius 1 is 1.27 bits per heavy atom. The van der Waals surface area contributed by atoms with E-state index in [-0.39, 0.29) is 38.6 Å². The number of halogens is 2. The molecule has 1 aliphatic rings. The molecule has 1 atom stereocenters. The van der Waals surface area contributed by atoms with Gasteiger partial charge in [0.25, 0.3) is 18.2 Å². The van der Waals surface area contributed by atoms with Crippen LogP contribution in [0.2, 0.25) is 0 Å². The Morgan fingerprint density at radius 2 is 2.05 bits per heavy atom. The van der Waals surface area contributed by atoms with Gasteiger partial charge in [-0.05, 0) is 55.0 Å². The van der Waals surface area contributed by atoms with Crippen LogP contribution in [0.25, 0.3) is 11.0 Å². The van der Waals surface area contributed by atoms with Gasteiger partial charge in [0.2, 0.25) is 5.95 Å². The highest BCUT2D eigenvalue weighted by Gasteiger charge is 2.32. The Kier molecular flexibility index (Phi) is 9.01. The van der Waals surface area contributed by atoms with Gasteiger partial charge in [-0.3, -0.25) is 14.9 Å². The van der Waals surface area contributed by atoms with Crippen LogP contribution in [0, 0.1) is 16.7 Å². The maximum absolute atomic E-state index is 13.1. The molecule has 0 unspecified atom stereocenters. The van der Waals surface area contributed by atoms with Gasteiger partial charge in [0.05, 0.1) is 26.8 Å². The molecule has 212 valence electrons. The molecule has 0 spiro atoms. The summed E-state index contributed by atoms with van der Waals surface area (Å²) in [4.78, 5) is 32.4. The summed E-state index contributed by atoms with van der Waals surface area (Å²) in [6.07, 6.45) is 0.392. The predicted molar refractivity (Wildman–Crippen MR) is 152 cm³/mol. The lowest BCUT2D eigenvalue weighted by atomic mass is 9.97. The van der Waals surface area contributed by atoms with Gasteiger partial charge in [-0.1, -0.05) is 32.9 Å². The molecule has 4 rings (SSSR count). The zero-order valence-corrected chi connectivity index (χ0v) is 23.9. The predicted octanol–water partition coefficient (Wildman–Crippen LogP) is 5.88. The summed E-state index contributed by atoms with van der Waals surface area (Å²) in [7, 11) is 0. The average Bonchev–Trinajstić information content (AvgIpc) is 3.63. The van der Waals surface area contributed by atoms with Crippen LogP contribution in [0.4, 0.5) is 14.7 Å². The number of allylic oxidation sites excluding steroid dienone is 1. The third-order valence-electron chi connectivity index (χ3n) is 6.76. The molecule has 3 aromatic rings. The number of fused-ring (bicyclic) bond motifs is 1. The van der Waals surface area contributed by atoms with Gasteiger partial charge in [0.15, 0.2) is 0 Å². The largest absolute Gasteiger partial charge is 0.333 e. The number of likely N-dealkylation sites (tertiary alicyclic amines) is 1. The van der Waals surface area contributed by atoms with Crippen LogP contribution in [0.1, 0.15) is 67.1 Å². The summed E-state index contributed by atoms with van der Waals surface area (Å²) >= 11 is 0.743. The Labute approximate surface area is 236 Å². The molecule has 2 aromatic heterocycles. The first-order chi connectivity index (χ1) is 19.0. The minimum Gasteiger partial charge on any atom is -0.333 e. The van der Waals surface area contributed by atoms with Gasteiger partial charge in [-0.2, -0.15) is 5.26 Å². The number of nitrogens with one attached hydrogen (secondary N) is 2. The van der Waals surface area contributed by atoms with Crippen LogP contribution in [0.15, 0.2) is 42.0 Å². The smallest absolute Gasteiger partial charge is 0.272 e. The SMILES string of the molecule is C/C=C(\C#N)C(=O)N1CCC[C@@H]1Cn1c(NC(=O)c2ccc(C(F)F)s2)nc2cc(CNCC(C)(C)C)ccc21. The minimum atomic E-state index is -2.65. The lowest BCUT2D eigenvalue weighted by molar-refractivity contribution is -0.127. The zero-order valence-electron chi connectivity index (χ0n) is 23.1. The number of carbonyl (C=O) groups excluding carboxylic acids is 2. The number of hydrogen-bond acceptors (Lipinski definition) is 6. The third kappa shape index (κ3) is 6.74. The van der Waals surface area contributed by atoms with E-state index in [0.717, 1.165) is 41.8 Å². The first kappa shape index (κ1) is 29.4. The highest BCUT2D eigenvalue weighted by Crippen LogP contribution is 2.30. The van der Waals surface area contributed by atoms with Crippen molar-refractivity contribution in [2.45, 2.75) is 66.1 Å². The van der Waals surface area contributed by atoms with E-state index in [1.807, 2.05) is 28.8 Å². The number of rotatable bonds is 9. The molecule has 1 saturated heterocycles. The van der Waals surface area contributed by atoms with Crippen molar-refractivity contribution in [3.63, 3.8) is 0 Å². The first-order valence-electron chi connectivity index (χ1n) is 13.3. The Bertz CT molecular complexity index is 1460. The molecule has 40 heavy (non-hydrogen) atoms. The fourth-order valence-electron chi connectivity index (χ4n) is 4.80. The maximum Gasteiger partial charge on any atom is 0.272 e. The van der Waals surface area contributed by atoms with Crippen molar-refractivity contribution < 1.29 is 18.4 Å². The van der Waals surface area contributed by atoms with Gasteiger partial charge in [0, 0.05) is 26.2 Å². The van der Waals surface area contributed by atoms with E-state index in [2.05, 4.69) is 31.4 Å². The van der Waals surface area contributed by atoms with Crippen molar-refractivity contribution in [3.8, 4) is 6.07 Å². The fraction of sp³-hybridized carbons (Fsp3) is 0.448. The highest BCUT2D eigenvalue weighted by atomic mass is 32.1. The highest BCUT2D eigenvalue weighted by molar-refractivity contribution is 7.14. The number of carbonyl (C=O) groups is 2. The van der Waals surface area contributed by atoms with Crippen molar-refractivity contribution in [2.75, 3.05) is 18.4 Å². The lowest BCUT2D eigenvalue weighted by Gasteiger charge is -2.25.